The first kappa shape index (κ1) is 10.6. The number of halogens is 2. The fourth-order valence-corrected chi connectivity index (χ4v) is 0.720. The second kappa shape index (κ2) is 6.31. The highest BCUT2D eigenvalue weighted by molar-refractivity contribution is 9.10. The van der Waals surface area contributed by atoms with Crippen LogP contribution in [0.4, 0.5) is 0 Å². The lowest BCUT2D eigenvalue weighted by atomic mass is 10.4. The summed E-state index contributed by atoms with van der Waals surface area (Å²) < 4.78 is 1.07. The van der Waals surface area contributed by atoms with E-state index in [9.17, 15) is 0 Å². The number of nitrogens with zero attached hydrogens (tertiary/aromatic N) is 1. The highest BCUT2D eigenvalue weighted by Gasteiger charge is 1.87. The van der Waals surface area contributed by atoms with Crippen molar-refractivity contribution in [3.63, 3.8) is 0 Å². The highest BCUT2D eigenvalue weighted by atomic mass is 79.9. The minimum Gasteiger partial charge on any atom is -0.285 e. The molecule has 4 heteroatoms. The zero-order valence-electron chi connectivity index (χ0n) is 5.92. The van der Waals surface area contributed by atoms with E-state index in [1.165, 1.54) is 0 Å². The van der Waals surface area contributed by atoms with Crippen molar-refractivity contribution in [3.05, 3.63) is 28.5 Å². The van der Waals surface area contributed by atoms with Gasteiger partial charge in [0, 0.05) is 10.7 Å². The van der Waals surface area contributed by atoms with Gasteiger partial charge in [-0.1, -0.05) is 0 Å². The van der Waals surface area contributed by atoms with E-state index in [-0.39, 0.29) is 5.75 Å². The van der Waals surface area contributed by atoms with Crippen molar-refractivity contribution in [2.75, 3.05) is 0 Å². The molecule has 0 aliphatic heterocycles. The van der Waals surface area contributed by atoms with Crippen LogP contribution in [0.2, 0.25) is 0 Å². The largest absolute Gasteiger partial charge is 0.285 e. The third-order valence-corrected chi connectivity index (χ3v) is 1.78. The first-order valence-corrected chi connectivity index (χ1v) is 4.06. The predicted molar refractivity (Wildman–Crippen MR) is 49.3 cm³/mol. The topological polar surface area (TPSA) is 30.0 Å². The van der Waals surface area contributed by atoms with E-state index in [4.69, 9.17) is 4.79 Å². The van der Waals surface area contributed by atoms with Crippen molar-refractivity contribution < 1.29 is 4.79 Å². The molecule has 0 saturated heterocycles. The molecule has 1 aromatic rings. The van der Waals surface area contributed by atoms with Crippen LogP contribution in [0, 0.1) is 6.92 Å². The van der Waals surface area contributed by atoms with Crippen molar-refractivity contribution >= 4 is 33.3 Å². The van der Waals surface area contributed by atoms with E-state index in [0.29, 0.717) is 0 Å². The lowest BCUT2D eigenvalue weighted by molar-refractivity contribution is 0.569. The Morgan fingerprint density at radius 3 is 2.55 bits per heavy atom. The van der Waals surface area contributed by atoms with Gasteiger partial charge in [-0.15, -0.1) is 0 Å². The second-order valence-corrected chi connectivity index (χ2v) is 2.69. The summed E-state index contributed by atoms with van der Waals surface area (Å²) in [6.45, 7) is 1.96. The number of carbonyl (C=O) groups is 1. The van der Waals surface area contributed by atoms with Crippen molar-refractivity contribution in [2.24, 2.45) is 0 Å². The SMILES string of the molecule is Cc1ncccc1Br.O=CCl. The lowest BCUT2D eigenvalue weighted by Gasteiger charge is -1.90. The molecule has 2 nitrogen and oxygen atoms in total. The Balaban J connectivity index is 0.000000292. The smallest absolute Gasteiger partial charge is 0.208 e. The molecule has 60 valence electrons. The monoisotopic (exact) mass is 235 g/mol. The van der Waals surface area contributed by atoms with Crippen LogP contribution in [0.5, 0.6) is 0 Å². The summed E-state index contributed by atoms with van der Waals surface area (Å²) in [7, 11) is 0. The van der Waals surface area contributed by atoms with Crippen LogP contribution in [0.1, 0.15) is 5.69 Å². The first-order valence-electron chi connectivity index (χ1n) is 2.83. The minimum atomic E-state index is 0.222. The Morgan fingerprint density at radius 2 is 2.27 bits per heavy atom. The number of hydrogen-bond donors (Lipinski definition) is 0. The molecule has 0 spiro atoms. The minimum absolute atomic E-state index is 0.222. The van der Waals surface area contributed by atoms with Gasteiger partial charge in [0.05, 0.1) is 5.69 Å². The molecule has 0 N–H and O–H groups in total. The first-order chi connectivity index (χ1) is 5.22. The van der Waals surface area contributed by atoms with Crippen LogP contribution >= 0.6 is 27.5 Å². The molecule has 0 aliphatic rings. The summed E-state index contributed by atoms with van der Waals surface area (Å²) in [4.78, 5) is 12.6. The van der Waals surface area contributed by atoms with Gasteiger partial charge in [0.2, 0.25) is 5.75 Å². The van der Waals surface area contributed by atoms with Crippen LogP contribution in [0.15, 0.2) is 22.8 Å². The molecule has 0 aliphatic carbocycles. The van der Waals surface area contributed by atoms with E-state index < -0.39 is 0 Å². The van der Waals surface area contributed by atoms with Crippen LogP contribution in [0.25, 0.3) is 0 Å². The Hall–Kier alpha value is -0.410. The number of carbonyl (C=O) groups excluding carboxylic acids is 1. The van der Waals surface area contributed by atoms with Crippen molar-refractivity contribution in [3.8, 4) is 0 Å². The van der Waals surface area contributed by atoms with Crippen LogP contribution in [-0.4, -0.2) is 10.7 Å². The van der Waals surface area contributed by atoms with E-state index in [1.54, 1.807) is 6.20 Å². The fraction of sp³-hybridized carbons (Fsp3) is 0.143. The van der Waals surface area contributed by atoms with E-state index >= 15 is 0 Å². The number of rotatable bonds is 0. The van der Waals surface area contributed by atoms with Crippen molar-refractivity contribution in [1.29, 1.82) is 0 Å². The number of pyridine rings is 1. The second-order valence-electron chi connectivity index (χ2n) is 1.66. The van der Waals surface area contributed by atoms with E-state index in [1.807, 2.05) is 19.1 Å². The molecule has 0 bridgehead atoms. The maximum atomic E-state index is 8.57. The van der Waals surface area contributed by atoms with Gasteiger partial charge in [0.15, 0.2) is 0 Å². The molecule has 11 heavy (non-hydrogen) atoms. The Labute approximate surface area is 78.7 Å². The molecule has 1 rings (SSSR count). The molecule has 0 saturated carbocycles. The van der Waals surface area contributed by atoms with Crippen molar-refractivity contribution in [1.82, 2.24) is 4.98 Å². The fourth-order valence-electron chi connectivity index (χ4n) is 0.465. The molecule has 0 unspecified atom stereocenters. The Bertz CT molecular complexity index is 208. The third kappa shape index (κ3) is 4.93. The number of hydrogen-bond acceptors (Lipinski definition) is 2. The van der Waals surface area contributed by atoms with E-state index in [2.05, 4.69) is 32.5 Å². The summed E-state index contributed by atoms with van der Waals surface area (Å²) in [5.74, 6) is 0.222. The standard InChI is InChI=1S/C6H6BrN.CHClO/c1-5-6(7)3-2-4-8-5;2-1-3/h2-4H,1H3;1H. The molecule has 0 radical (unpaired) electrons. The highest BCUT2D eigenvalue weighted by Crippen LogP contribution is 2.10. The van der Waals surface area contributed by atoms with E-state index in [0.717, 1.165) is 10.2 Å². The summed E-state index contributed by atoms with van der Waals surface area (Å²) in [6, 6.07) is 3.87. The lowest BCUT2D eigenvalue weighted by Crippen LogP contribution is -1.77. The zero-order chi connectivity index (χ0) is 8.69. The third-order valence-electron chi connectivity index (χ3n) is 0.942. The Morgan fingerprint density at radius 1 is 1.73 bits per heavy atom. The van der Waals surface area contributed by atoms with Gasteiger partial charge < -0.3 is 0 Å². The van der Waals surface area contributed by atoms with Gasteiger partial charge in [-0.3, -0.25) is 9.78 Å². The predicted octanol–water partition coefficient (Wildman–Crippen LogP) is 2.57. The summed E-state index contributed by atoms with van der Waals surface area (Å²) >= 11 is 7.65. The average Bonchev–Trinajstić information content (AvgIpc) is 1.97. The molecule has 1 aromatic heterocycles. The van der Waals surface area contributed by atoms with Crippen LogP contribution in [0.3, 0.4) is 0 Å². The van der Waals surface area contributed by atoms with Gasteiger partial charge >= 0.3 is 0 Å². The molecule has 1 heterocycles. The maximum Gasteiger partial charge on any atom is 0.208 e. The zero-order valence-corrected chi connectivity index (χ0v) is 8.26. The van der Waals surface area contributed by atoms with Gasteiger partial charge in [-0.25, -0.2) is 0 Å². The summed E-state index contributed by atoms with van der Waals surface area (Å²) in [6.07, 6.45) is 1.78. The molecule has 0 amide bonds. The molecule has 0 atom stereocenters. The van der Waals surface area contributed by atoms with Gasteiger partial charge in [-0.05, 0) is 46.6 Å². The Kier molecular flexibility index (Phi) is 6.07. The number of aromatic nitrogens is 1. The average molecular weight is 236 g/mol. The number of aryl methyl sites for hydroxylation is 1. The normalized spacial score (nSPS) is 7.91. The molecular formula is C7H7BrClNO. The van der Waals surface area contributed by atoms with Crippen molar-refractivity contribution in [2.45, 2.75) is 6.92 Å². The van der Waals surface area contributed by atoms with Gasteiger partial charge in [0.25, 0.3) is 0 Å². The van der Waals surface area contributed by atoms with Gasteiger partial charge in [0.1, 0.15) is 0 Å². The van der Waals surface area contributed by atoms with Gasteiger partial charge in [-0.2, -0.15) is 0 Å². The quantitative estimate of drug-likeness (QED) is 0.512. The van der Waals surface area contributed by atoms with Crippen LogP contribution in [-0.2, 0) is 4.79 Å². The molecule has 0 aromatic carbocycles. The summed E-state index contributed by atoms with van der Waals surface area (Å²) in [5.41, 5.74) is 1.03. The van der Waals surface area contributed by atoms with Crippen LogP contribution < -0.4 is 0 Å². The summed E-state index contributed by atoms with van der Waals surface area (Å²) in [5, 5.41) is 0. The molecular weight excluding hydrogens is 229 g/mol. The molecule has 0 fully saturated rings. The maximum absolute atomic E-state index is 8.57.